The van der Waals surface area contributed by atoms with Gasteiger partial charge in [0, 0.05) is 0 Å². The van der Waals surface area contributed by atoms with E-state index in [2.05, 4.69) is 14.0 Å². The highest BCUT2D eigenvalue weighted by molar-refractivity contribution is 6.92. The molecule has 0 N–H and O–H groups in total. The van der Waals surface area contributed by atoms with Gasteiger partial charge in [-0.15, -0.1) is 0 Å². The lowest BCUT2D eigenvalue weighted by atomic mass is 10.1. The van der Waals surface area contributed by atoms with Crippen molar-refractivity contribution in [3.8, 4) is 17.2 Å². The topological polar surface area (TPSA) is 27.7 Å². The van der Waals surface area contributed by atoms with Crippen molar-refractivity contribution in [3.05, 3.63) is 87.3 Å². The fourth-order valence-corrected chi connectivity index (χ4v) is 2.43. The van der Waals surface area contributed by atoms with Gasteiger partial charge in [0.15, 0.2) is 17.2 Å². The van der Waals surface area contributed by atoms with Crippen LogP contribution >= 0.6 is 9.90 Å². The van der Waals surface area contributed by atoms with Crippen LogP contribution in [0.2, 0.25) is 0 Å². The van der Waals surface area contributed by atoms with Gasteiger partial charge in [0.1, 0.15) is 0 Å². The molecule has 0 fully saturated rings. The molecule has 20 heteroatoms. The predicted octanol–water partition coefficient (Wildman–Crippen LogP) is 6.35. The van der Waals surface area contributed by atoms with Gasteiger partial charge in [0.2, 0.25) is 87.3 Å². The van der Waals surface area contributed by atoms with Crippen LogP contribution in [-0.2, 0) is 0 Å². The Kier molecular flexibility index (Phi) is 8.97. The van der Waals surface area contributed by atoms with Gasteiger partial charge in [-0.2, -0.15) is 36.2 Å². The van der Waals surface area contributed by atoms with E-state index in [4.69, 9.17) is 0 Å². The van der Waals surface area contributed by atoms with Crippen LogP contribution in [0.4, 0.5) is 65.9 Å². The first-order chi connectivity index (χ1) is 17.1. The number of halogens is 15. The van der Waals surface area contributed by atoms with Gasteiger partial charge in [-0.25, -0.2) is 39.5 Å². The van der Waals surface area contributed by atoms with Crippen molar-refractivity contribution in [1.82, 2.24) is 0 Å². The highest BCUT2D eigenvalue weighted by Gasteiger charge is 2.42. The molecule has 0 heterocycles. The average Bonchev–Trinajstić information content (AvgIpc) is 2.88. The van der Waals surface area contributed by atoms with Crippen molar-refractivity contribution in [2.45, 2.75) is 0 Å². The van der Waals surface area contributed by atoms with Crippen LogP contribution in [0.25, 0.3) is 0 Å². The molecular formula is C18H3BF15O3P. The van der Waals surface area contributed by atoms with Crippen molar-refractivity contribution in [2.24, 2.45) is 0 Å². The highest BCUT2D eigenvalue weighted by Crippen LogP contribution is 2.35. The normalized spacial score (nSPS) is 10.8. The van der Waals surface area contributed by atoms with Gasteiger partial charge in [-0.1, -0.05) is 0 Å². The summed E-state index contributed by atoms with van der Waals surface area (Å²) in [6.45, 7) is 0. The molecule has 0 aliphatic rings. The Bertz CT molecular complexity index is 1180. The first-order valence-corrected chi connectivity index (χ1v) is 8.65. The van der Waals surface area contributed by atoms with Crippen LogP contribution in [0.1, 0.15) is 0 Å². The van der Waals surface area contributed by atoms with Crippen molar-refractivity contribution in [1.29, 1.82) is 0 Å². The summed E-state index contributed by atoms with van der Waals surface area (Å²) < 4.78 is 216. The molecule has 3 rings (SSSR count). The Morgan fingerprint density at radius 2 is 0.395 bits per heavy atom. The third-order valence-electron chi connectivity index (χ3n) is 4.15. The summed E-state index contributed by atoms with van der Waals surface area (Å²) in [4.78, 5) is 0. The standard InChI is InChI=1S/C18BF15O3.H3P/c20-1-4(23)10(29)16(11(30)5(1)24)35-19(36-17-12(31)6(25)2(21)7(26)13(17)32)37-18-14(33)8(27)3(22)9(28)15(18)34;/h;1H3. The quantitative estimate of drug-likeness (QED) is 0.110. The molecule has 3 aromatic rings. The van der Waals surface area contributed by atoms with Gasteiger partial charge in [-0.3, -0.25) is 0 Å². The monoisotopic (exact) mass is 594 g/mol. The molecule has 3 nitrogen and oxygen atoms in total. The lowest BCUT2D eigenvalue weighted by Crippen LogP contribution is -2.39. The van der Waals surface area contributed by atoms with E-state index in [1.54, 1.807) is 0 Å². The van der Waals surface area contributed by atoms with E-state index in [9.17, 15) is 65.9 Å². The van der Waals surface area contributed by atoms with Crippen LogP contribution in [0.15, 0.2) is 0 Å². The van der Waals surface area contributed by atoms with E-state index in [-0.39, 0.29) is 9.90 Å². The smallest absolute Gasteiger partial charge is 0.484 e. The van der Waals surface area contributed by atoms with Crippen LogP contribution < -0.4 is 14.0 Å². The van der Waals surface area contributed by atoms with Crippen molar-refractivity contribution in [3.63, 3.8) is 0 Å². The number of benzene rings is 3. The molecule has 0 bridgehead atoms. The summed E-state index contributed by atoms with van der Waals surface area (Å²) in [5.41, 5.74) is 0. The molecule has 0 aliphatic heterocycles. The fourth-order valence-electron chi connectivity index (χ4n) is 2.43. The van der Waals surface area contributed by atoms with Gasteiger partial charge >= 0.3 is 7.32 Å². The van der Waals surface area contributed by atoms with Crippen LogP contribution in [0.5, 0.6) is 17.2 Å². The maximum atomic E-state index is 13.9. The molecule has 0 radical (unpaired) electrons. The summed E-state index contributed by atoms with van der Waals surface area (Å²) in [7, 11) is -3.75. The lowest BCUT2D eigenvalue weighted by molar-refractivity contribution is 0.247. The molecule has 0 spiro atoms. The van der Waals surface area contributed by atoms with Crippen LogP contribution in [0, 0.1) is 87.3 Å². The number of rotatable bonds is 6. The maximum absolute atomic E-state index is 13.9. The minimum atomic E-state index is -3.75. The van der Waals surface area contributed by atoms with Gasteiger partial charge < -0.3 is 14.0 Å². The second-order valence-corrected chi connectivity index (χ2v) is 6.34. The molecule has 0 aliphatic carbocycles. The fraction of sp³-hybridized carbons (Fsp3) is 0. The van der Waals surface area contributed by atoms with Crippen LogP contribution in [0.3, 0.4) is 0 Å². The molecule has 1 unspecified atom stereocenters. The number of hydrogen-bond acceptors (Lipinski definition) is 3. The van der Waals surface area contributed by atoms with E-state index >= 15 is 0 Å². The van der Waals surface area contributed by atoms with E-state index in [1.165, 1.54) is 0 Å². The van der Waals surface area contributed by atoms with E-state index < -0.39 is 112 Å². The Morgan fingerprint density at radius 1 is 0.263 bits per heavy atom. The summed E-state index contributed by atoms with van der Waals surface area (Å²) in [5, 5.41) is 0. The molecule has 0 amide bonds. The zero-order valence-corrected chi connectivity index (χ0v) is 18.6. The zero-order valence-electron chi connectivity index (χ0n) is 17.2. The summed E-state index contributed by atoms with van der Waals surface area (Å²) in [6, 6.07) is 0. The first kappa shape index (κ1) is 30.7. The minimum Gasteiger partial charge on any atom is -0.484 e. The molecular weight excluding hydrogens is 591 g/mol. The second kappa shape index (κ2) is 11.1. The van der Waals surface area contributed by atoms with Gasteiger partial charge in [0.25, 0.3) is 0 Å². The van der Waals surface area contributed by atoms with Gasteiger partial charge in [0.05, 0.1) is 0 Å². The lowest BCUT2D eigenvalue weighted by Gasteiger charge is -2.19. The molecule has 0 aromatic heterocycles. The van der Waals surface area contributed by atoms with Crippen molar-refractivity contribution < 1.29 is 79.8 Å². The Balaban J connectivity index is 0.00000507. The summed E-state index contributed by atoms with van der Waals surface area (Å²) in [6.07, 6.45) is 0. The SMILES string of the molecule is Fc1c(F)c(F)c(OB(Oc2c(F)c(F)c(F)c(F)c2F)Oc2c(F)c(F)c(F)c(F)c2F)c(F)c1F.P. The Labute approximate surface area is 202 Å². The third-order valence-corrected chi connectivity index (χ3v) is 4.15. The minimum absolute atomic E-state index is 0. The molecule has 38 heavy (non-hydrogen) atoms. The Hall–Kier alpha value is -3.50. The Morgan fingerprint density at radius 3 is 0.553 bits per heavy atom. The van der Waals surface area contributed by atoms with E-state index in [1.807, 2.05) is 0 Å². The van der Waals surface area contributed by atoms with E-state index in [0.717, 1.165) is 0 Å². The largest absolute Gasteiger partial charge is 0.864 e. The summed E-state index contributed by atoms with van der Waals surface area (Å²) >= 11 is 0. The van der Waals surface area contributed by atoms with Crippen molar-refractivity contribution >= 4 is 17.2 Å². The number of hydrogen-bond donors (Lipinski definition) is 0. The maximum Gasteiger partial charge on any atom is 0.864 e. The predicted molar refractivity (Wildman–Crippen MR) is 97.4 cm³/mol. The highest BCUT2D eigenvalue weighted by atomic mass is 31.0. The van der Waals surface area contributed by atoms with Crippen molar-refractivity contribution in [2.75, 3.05) is 0 Å². The first-order valence-electron chi connectivity index (χ1n) is 8.65. The second-order valence-electron chi connectivity index (χ2n) is 6.34. The van der Waals surface area contributed by atoms with E-state index in [0.29, 0.717) is 0 Å². The molecule has 1 atom stereocenters. The average molecular weight is 594 g/mol. The zero-order chi connectivity index (χ0) is 28.1. The molecule has 206 valence electrons. The molecule has 0 saturated carbocycles. The third kappa shape index (κ3) is 4.98. The van der Waals surface area contributed by atoms with Gasteiger partial charge in [-0.05, 0) is 0 Å². The summed E-state index contributed by atoms with van der Waals surface area (Å²) in [5.74, 6) is -50.0. The molecule has 0 saturated heterocycles. The van der Waals surface area contributed by atoms with Crippen LogP contribution in [-0.4, -0.2) is 7.32 Å². The molecule has 3 aromatic carbocycles.